The third kappa shape index (κ3) is 3.89. The van der Waals surface area contributed by atoms with Crippen LogP contribution in [-0.4, -0.2) is 17.4 Å². The van der Waals surface area contributed by atoms with Gasteiger partial charge in [-0.3, -0.25) is 4.79 Å². The number of nitrogens with zero attached hydrogens (tertiary/aromatic N) is 2. The van der Waals surface area contributed by atoms with Crippen LogP contribution in [0.2, 0.25) is 0 Å². The first-order valence-corrected chi connectivity index (χ1v) is 7.06. The van der Waals surface area contributed by atoms with Crippen LogP contribution in [0.5, 0.6) is 0 Å². The van der Waals surface area contributed by atoms with Gasteiger partial charge < -0.3 is 4.90 Å². The van der Waals surface area contributed by atoms with E-state index in [1.165, 1.54) is 23.1 Å². The molecule has 1 amide bonds. The quantitative estimate of drug-likeness (QED) is 0.791. The van der Waals surface area contributed by atoms with E-state index in [1.807, 2.05) is 36.4 Å². The fraction of sp³-hybridized carbons (Fsp3) is 0.125. The maximum absolute atomic E-state index is 13.3. The molecule has 0 N–H and O–H groups in total. The van der Waals surface area contributed by atoms with Crippen LogP contribution in [-0.2, 0) is 6.54 Å². The topological polar surface area (TPSA) is 44.1 Å². The second kappa shape index (κ2) is 7.00. The molecule has 2 aromatic carbocycles. The number of hydrogen-bond donors (Lipinski definition) is 0. The van der Waals surface area contributed by atoms with E-state index in [0.717, 1.165) is 5.56 Å². The minimum atomic E-state index is -0.488. The van der Waals surface area contributed by atoms with E-state index >= 15 is 0 Å². The van der Waals surface area contributed by atoms with Crippen molar-refractivity contribution < 1.29 is 9.18 Å². The summed E-state index contributed by atoms with van der Waals surface area (Å²) in [5.74, 6) is -0.870. The van der Waals surface area contributed by atoms with Gasteiger partial charge in [0, 0.05) is 11.0 Å². The first-order chi connectivity index (χ1) is 10.1. The van der Waals surface area contributed by atoms with Gasteiger partial charge in [-0.2, -0.15) is 5.26 Å². The number of benzene rings is 2. The number of nitriles is 1. The van der Waals surface area contributed by atoms with Crippen molar-refractivity contribution >= 4 is 21.8 Å². The van der Waals surface area contributed by atoms with Crippen LogP contribution in [0.25, 0.3) is 0 Å². The van der Waals surface area contributed by atoms with Crippen LogP contribution >= 0.6 is 15.9 Å². The number of amides is 1. The summed E-state index contributed by atoms with van der Waals surface area (Å²) in [4.78, 5) is 13.9. The Kier molecular flexibility index (Phi) is 5.07. The smallest absolute Gasteiger partial charge is 0.256 e. The second-order valence-electron chi connectivity index (χ2n) is 4.43. The van der Waals surface area contributed by atoms with Gasteiger partial charge in [-0.15, -0.1) is 0 Å². The molecule has 3 nitrogen and oxygen atoms in total. The fourth-order valence-electron chi connectivity index (χ4n) is 1.92. The zero-order chi connectivity index (χ0) is 15.2. The normalized spacial score (nSPS) is 9.95. The first-order valence-electron chi connectivity index (χ1n) is 6.27. The molecule has 0 fully saturated rings. The Morgan fingerprint density at radius 2 is 1.95 bits per heavy atom. The number of halogens is 2. The molecule has 2 aromatic rings. The number of carbonyl (C=O) groups is 1. The molecule has 0 radical (unpaired) electrons. The highest BCUT2D eigenvalue weighted by molar-refractivity contribution is 9.10. The van der Waals surface area contributed by atoms with Crippen LogP contribution in [0.1, 0.15) is 15.9 Å². The predicted octanol–water partition coefficient (Wildman–Crippen LogP) is 3.75. The van der Waals surface area contributed by atoms with Gasteiger partial charge in [0.25, 0.3) is 5.91 Å². The number of hydrogen-bond acceptors (Lipinski definition) is 2. The molecule has 0 atom stereocenters. The lowest BCUT2D eigenvalue weighted by atomic mass is 10.1. The molecule has 0 saturated heterocycles. The third-order valence-electron chi connectivity index (χ3n) is 2.92. The fourth-order valence-corrected chi connectivity index (χ4v) is 2.34. The minimum absolute atomic E-state index is 0.0588. The zero-order valence-electron chi connectivity index (χ0n) is 11.1. The van der Waals surface area contributed by atoms with Gasteiger partial charge in [-0.05, 0) is 39.7 Å². The van der Waals surface area contributed by atoms with Crippen LogP contribution < -0.4 is 0 Å². The summed E-state index contributed by atoms with van der Waals surface area (Å²) in [6, 6.07) is 15.2. The molecule has 0 aliphatic rings. The summed E-state index contributed by atoms with van der Waals surface area (Å²) in [6.45, 7) is 0.243. The van der Waals surface area contributed by atoms with Gasteiger partial charge in [-0.25, -0.2) is 4.39 Å². The molecule has 0 saturated carbocycles. The molecule has 5 heteroatoms. The predicted molar refractivity (Wildman–Crippen MR) is 80.9 cm³/mol. The number of carbonyl (C=O) groups excluding carboxylic acids is 1. The van der Waals surface area contributed by atoms with E-state index in [1.54, 1.807) is 0 Å². The molecule has 0 aliphatic carbocycles. The summed E-state index contributed by atoms with van der Waals surface area (Å²) in [5, 5.41) is 8.90. The van der Waals surface area contributed by atoms with E-state index in [0.29, 0.717) is 11.0 Å². The molecule has 0 aliphatic heterocycles. The lowest BCUT2D eigenvalue weighted by Gasteiger charge is -2.20. The van der Waals surface area contributed by atoms with Crippen molar-refractivity contribution in [3.8, 4) is 6.07 Å². The highest BCUT2D eigenvalue weighted by Crippen LogP contribution is 2.20. The third-order valence-corrected chi connectivity index (χ3v) is 3.62. The summed E-state index contributed by atoms with van der Waals surface area (Å²) >= 11 is 3.24. The van der Waals surface area contributed by atoms with E-state index in [2.05, 4.69) is 15.9 Å². The SMILES string of the molecule is N#CCN(Cc1ccccc1)C(=O)c1cc(F)ccc1Br. The van der Waals surface area contributed by atoms with E-state index in [-0.39, 0.29) is 18.0 Å². The molecule has 2 rings (SSSR count). The molecular formula is C16H12BrFN2O. The molecular weight excluding hydrogens is 335 g/mol. The molecule has 21 heavy (non-hydrogen) atoms. The van der Waals surface area contributed by atoms with E-state index in [4.69, 9.17) is 5.26 Å². The molecule has 0 aromatic heterocycles. The molecule has 0 heterocycles. The van der Waals surface area contributed by atoms with Crippen molar-refractivity contribution in [2.75, 3.05) is 6.54 Å². The van der Waals surface area contributed by atoms with Crippen LogP contribution in [0.3, 0.4) is 0 Å². The Morgan fingerprint density at radius 3 is 2.62 bits per heavy atom. The van der Waals surface area contributed by atoms with E-state index in [9.17, 15) is 9.18 Å². The summed E-state index contributed by atoms with van der Waals surface area (Å²) < 4.78 is 13.8. The Hall–Kier alpha value is -2.19. The van der Waals surface area contributed by atoms with Gasteiger partial charge in [0.05, 0.1) is 11.6 Å². The summed E-state index contributed by atoms with van der Waals surface area (Å²) in [6.07, 6.45) is 0. The van der Waals surface area contributed by atoms with Crippen molar-refractivity contribution in [2.45, 2.75) is 6.54 Å². The van der Waals surface area contributed by atoms with Crippen LogP contribution in [0.15, 0.2) is 53.0 Å². The van der Waals surface area contributed by atoms with E-state index < -0.39 is 5.82 Å². The average Bonchev–Trinajstić information content (AvgIpc) is 2.49. The van der Waals surface area contributed by atoms with Gasteiger partial charge in [-0.1, -0.05) is 30.3 Å². The van der Waals surface area contributed by atoms with Crippen molar-refractivity contribution in [1.82, 2.24) is 4.90 Å². The maximum Gasteiger partial charge on any atom is 0.256 e. The van der Waals surface area contributed by atoms with Crippen molar-refractivity contribution in [3.63, 3.8) is 0 Å². The Balaban J connectivity index is 2.27. The Labute approximate surface area is 130 Å². The largest absolute Gasteiger partial charge is 0.321 e. The maximum atomic E-state index is 13.3. The first kappa shape index (κ1) is 15.2. The minimum Gasteiger partial charge on any atom is -0.321 e. The van der Waals surface area contributed by atoms with Gasteiger partial charge in [0.1, 0.15) is 12.4 Å². The van der Waals surface area contributed by atoms with Gasteiger partial charge in [0.15, 0.2) is 0 Å². The Morgan fingerprint density at radius 1 is 1.24 bits per heavy atom. The van der Waals surface area contributed by atoms with Crippen molar-refractivity contribution in [1.29, 1.82) is 5.26 Å². The molecule has 0 spiro atoms. The van der Waals surface area contributed by atoms with Crippen molar-refractivity contribution in [2.24, 2.45) is 0 Å². The van der Waals surface area contributed by atoms with Crippen LogP contribution in [0.4, 0.5) is 4.39 Å². The number of rotatable bonds is 4. The monoisotopic (exact) mass is 346 g/mol. The molecule has 0 bridgehead atoms. The highest BCUT2D eigenvalue weighted by Gasteiger charge is 2.19. The van der Waals surface area contributed by atoms with Crippen LogP contribution in [0, 0.1) is 17.1 Å². The van der Waals surface area contributed by atoms with Gasteiger partial charge in [0.2, 0.25) is 0 Å². The second-order valence-corrected chi connectivity index (χ2v) is 5.28. The summed E-state index contributed by atoms with van der Waals surface area (Å²) in [7, 11) is 0. The standard InChI is InChI=1S/C16H12BrFN2O/c17-15-7-6-13(18)10-14(15)16(21)20(9-8-19)11-12-4-2-1-3-5-12/h1-7,10H,9,11H2. The molecule has 0 unspecified atom stereocenters. The summed E-state index contributed by atoms with van der Waals surface area (Å²) in [5.41, 5.74) is 1.12. The molecule has 106 valence electrons. The lowest BCUT2D eigenvalue weighted by Crippen LogP contribution is -2.31. The lowest BCUT2D eigenvalue weighted by molar-refractivity contribution is 0.0763. The van der Waals surface area contributed by atoms with Crippen molar-refractivity contribution in [3.05, 3.63) is 69.9 Å². The zero-order valence-corrected chi connectivity index (χ0v) is 12.7. The Bertz CT molecular complexity index is 682. The highest BCUT2D eigenvalue weighted by atomic mass is 79.9. The van der Waals surface area contributed by atoms with Gasteiger partial charge >= 0.3 is 0 Å². The average molecular weight is 347 g/mol.